The van der Waals surface area contributed by atoms with Crippen molar-refractivity contribution < 1.29 is 14.3 Å². The van der Waals surface area contributed by atoms with Gasteiger partial charge in [0.2, 0.25) is 5.91 Å². The van der Waals surface area contributed by atoms with Gasteiger partial charge in [0.05, 0.1) is 13.2 Å². The predicted octanol–water partition coefficient (Wildman–Crippen LogP) is 3.10. The second-order valence-electron chi connectivity index (χ2n) is 6.53. The number of hydrogen-bond acceptors (Lipinski definition) is 3. The standard InChI is InChI=1S/C21H24N2O3/c1-3-10-23-14-18(13-20(23)24)22-21(25)17-8-4-6-15(11-17)16-7-5-9-19(12-16)26-2/h4-9,11-12,18H,3,10,13-14H2,1-2H3,(H,22,25)/t18-/m0/s1. The van der Waals surface area contributed by atoms with E-state index in [1.165, 1.54) is 0 Å². The molecular weight excluding hydrogens is 328 g/mol. The number of methoxy groups -OCH3 is 1. The van der Waals surface area contributed by atoms with E-state index in [9.17, 15) is 9.59 Å². The summed E-state index contributed by atoms with van der Waals surface area (Å²) in [6.07, 6.45) is 1.30. The number of amides is 2. The van der Waals surface area contributed by atoms with Gasteiger partial charge in [0.25, 0.3) is 5.91 Å². The van der Waals surface area contributed by atoms with E-state index >= 15 is 0 Å². The summed E-state index contributed by atoms with van der Waals surface area (Å²) in [6.45, 7) is 3.38. The average Bonchev–Trinajstić information content (AvgIpc) is 3.01. The Kier molecular flexibility index (Phi) is 5.56. The monoisotopic (exact) mass is 352 g/mol. The molecule has 0 spiro atoms. The minimum atomic E-state index is -0.147. The molecule has 1 aliphatic rings. The average molecular weight is 352 g/mol. The van der Waals surface area contributed by atoms with Gasteiger partial charge in [-0.15, -0.1) is 0 Å². The fraction of sp³-hybridized carbons (Fsp3) is 0.333. The van der Waals surface area contributed by atoms with Crippen molar-refractivity contribution in [2.75, 3.05) is 20.2 Å². The zero-order chi connectivity index (χ0) is 18.5. The number of benzene rings is 2. The second kappa shape index (κ2) is 8.04. The Bertz CT molecular complexity index is 803. The molecule has 1 fully saturated rings. The summed E-state index contributed by atoms with van der Waals surface area (Å²) in [4.78, 5) is 26.4. The van der Waals surface area contributed by atoms with Crippen LogP contribution in [-0.2, 0) is 4.79 Å². The zero-order valence-electron chi connectivity index (χ0n) is 15.2. The van der Waals surface area contributed by atoms with Gasteiger partial charge in [-0.1, -0.05) is 31.2 Å². The van der Waals surface area contributed by atoms with Crippen LogP contribution in [0.2, 0.25) is 0 Å². The third kappa shape index (κ3) is 4.04. The number of carbonyl (C=O) groups is 2. The van der Waals surface area contributed by atoms with Crippen molar-refractivity contribution in [1.29, 1.82) is 0 Å². The third-order valence-corrected chi connectivity index (χ3v) is 4.57. The molecule has 1 heterocycles. The normalized spacial score (nSPS) is 16.6. The molecule has 3 rings (SSSR count). The highest BCUT2D eigenvalue weighted by Gasteiger charge is 2.30. The lowest BCUT2D eigenvalue weighted by Crippen LogP contribution is -2.37. The van der Waals surface area contributed by atoms with Crippen LogP contribution in [0.25, 0.3) is 11.1 Å². The molecule has 1 atom stereocenters. The van der Waals surface area contributed by atoms with Crippen LogP contribution in [0.4, 0.5) is 0 Å². The number of ether oxygens (including phenoxy) is 1. The van der Waals surface area contributed by atoms with Gasteiger partial charge in [-0.3, -0.25) is 9.59 Å². The van der Waals surface area contributed by atoms with Gasteiger partial charge in [-0.2, -0.15) is 0 Å². The molecule has 2 aromatic rings. The third-order valence-electron chi connectivity index (χ3n) is 4.57. The molecule has 5 nitrogen and oxygen atoms in total. The molecule has 5 heteroatoms. The first kappa shape index (κ1) is 18.0. The topological polar surface area (TPSA) is 58.6 Å². The van der Waals surface area contributed by atoms with Crippen LogP contribution in [0.15, 0.2) is 48.5 Å². The number of rotatable bonds is 6. The van der Waals surface area contributed by atoms with E-state index in [0.717, 1.165) is 29.8 Å². The lowest BCUT2D eigenvalue weighted by molar-refractivity contribution is -0.127. The van der Waals surface area contributed by atoms with Gasteiger partial charge < -0.3 is 15.0 Å². The highest BCUT2D eigenvalue weighted by molar-refractivity contribution is 5.96. The Morgan fingerprint density at radius 1 is 1.19 bits per heavy atom. The van der Waals surface area contributed by atoms with Crippen molar-refractivity contribution in [2.45, 2.75) is 25.8 Å². The van der Waals surface area contributed by atoms with Crippen LogP contribution in [0, 0.1) is 0 Å². The molecule has 1 aliphatic heterocycles. The molecule has 136 valence electrons. The highest BCUT2D eigenvalue weighted by Crippen LogP contribution is 2.24. The maximum Gasteiger partial charge on any atom is 0.251 e. The fourth-order valence-electron chi connectivity index (χ4n) is 3.27. The number of likely N-dealkylation sites (tertiary alicyclic amines) is 1. The maximum atomic E-state index is 12.6. The maximum absolute atomic E-state index is 12.6. The first-order valence-corrected chi connectivity index (χ1v) is 8.94. The molecule has 26 heavy (non-hydrogen) atoms. The fourth-order valence-corrected chi connectivity index (χ4v) is 3.27. The number of hydrogen-bond donors (Lipinski definition) is 1. The first-order chi connectivity index (χ1) is 12.6. The van der Waals surface area contributed by atoms with E-state index < -0.39 is 0 Å². The lowest BCUT2D eigenvalue weighted by atomic mass is 10.0. The molecular formula is C21H24N2O3. The van der Waals surface area contributed by atoms with Crippen LogP contribution in [-0.4, -0.2) is 43.0 Å². The van der Waals surface area contributed by atoms with Gasteiger partial charge in [-0.05, 0) is 41.8 Å². The SMILES string of the molecule is CCCN1C[C@@H](NC(=O)c2cccc(-c3cccc(OC)c3)c2)CC1=O. The van der Waals surface area contributed by atoms with Gasteiger partial charge in [-0.25, -0.2) is 0 Å². The molecule has 0 saturated carbocycles. The van der Waals surface area contributed by atoms with E-state index in [1.807, 2.05) is 54.3 Å². The molecule has 0 unspecified atom stereocenters. The van der Waals surface area contributed by atoms with Crippen molar-refractivity contribution in [3.8, 4) is 16.9 Å². The van der Waals surface area contributed by atoms with Gasteiger partial charge in [0, 0.05) is 25.1 Å². The first-order valence-electron chi connectivity index (χ1n) is 8.94. The number of carbonyl (C=O) groups excluding carboxylic acids is 2. The van der Waals surface area contributed by atoms with Crippen molar-refractivity contribution >= 4 is 11.8 Å². The summed E-state index contributed by atoms with van der Waals surface area (Å²) in [7, 11) is 1.63. The summed E-state index contributed by atoms with van der Waals surface area (Å²) < 4.78 is 5.27. The van der Waals surface area contributed by atoms with Crippen molar-refractivity contribution in [2.24, 2.45) is 0 Å². The quantitative estimate of drug-likeness (QED) is 0.869. The second-order valence-corrected chi connectivity index (χ2v) is 6.53. The minimum Gasteiger partial charge on any atom is -0.497 e. The largest absolute Gasteiger partial charge is 0.497 e. The van der Waals surface area contributed by atoms with E-state index in [2.05, 4.69) is 5.32 Å². The predicted molar refractivity (Wildman–Crippen MR) is 101 cm³/mol. The molecule has 2 amide bonds. The number of nitrogens with zero attached hydrogens (tertiary/aromatic N) is 1. The van der Waals surface area contributed by atoms with E-state index in [4.69, 9.17) is 4.74 Å². The Morgan fingerprint density at radius 3 is 2.65 bits per heavy atom. The van der Waals surface area contributed by atoms with Crippen LogP contribution < -0.4 is 10.1 Å². The molecule has 0 radical (unpaired) electrons. The van der Waals surface area contributed by atoms with Gasteiger partial charge >= 0.3 is 0 Å². The smallest absolute Gasteiger partial charge is 0.251 e. The molecule has 0 aliphatic carbocycles. The summed E-state index contributed by atoms with van der Waals surface area (Å²) in [5.41, 5.74) is 2.53. The summed E-state index contributed by atoms with van der Waals surface area (Å²) in [6, 6.07) is 15.1. The van der Waals surface area contributed by atoms with E-state index in [0.29, 0.717) is 18.5 Å². The summed E-state index contributed by atoms with van der Waals surface area (Å²) >= 11 is 0. The van der Waals surface area contributed by atoms with Crippen LogP contribution >= 0.6 is 0 Å². The van der Waals surface area contributed by atoms with E-state index in [-0.39, 0.29) is 17.9 Å². The summed E-state index contributed by atoms with van der Waals surface area (Å²) in [5, 5.41) is 2.99. The highest BCUT2D eigenvalue weighted by atomic mass is 16.5. The van der Waals surface area contributed by atoms with Gasteiger partial charge in [0.15, 0.2) is 0 Å². The number of nitrogens with one attached hydrogen (secondary N) is 1. The van der Waals surface area contributed by atoms with Gasteiger partial charge in [0.1, 0.15) is 5.75 Å². The minimum absolute atomic E-state index is 0.113. The Labute approximate surface area is 154 Å². The van der Waals surface area contributed by atoms with Crippen molar-refractivity contribution in [3.63, 3.8) is 0 Å². The van der Waals surface area contributed by atoms with Crippen LogP contribution in [0.1, 0.15) is 30.1 Å². The van der Waals surface area contributed by atoms with Crippen molar-refractivity contribution in [1.82, 2.24) is 10.2 Å². The van der Waals surface area contributed by atoms with Crippen LogP contribution in [0.3, 0.4) is 0 Å². The summed E-state index contributed by atoms with van der Waals surface area (Å²) in [5.74, 6) is 0.742. The molecule has 1 saturated heterocycles. The van der Waals surface area contributed by atoms with E-state index in [1.54, 1.807) is 13.2 Å². The molecule has 0 aromatic heterocycles. The Hall–Kier alpha value is -2.82. The van der Waals surface area contributed by atoms with Crippen LogP contribution in [0.5, 0.6) is 5.75 Å². The molecule has 1 N–H and O–H groups in total. The Balaban J connectivity index is 1.72. The van der Waals surface area contributed by atoms with Crippen molar-refractivity contribution in [3.05, 3.63) is 54.1 Å². The molecule has 2 aromatic carbocycles. The zero-order valence-corrected chi connectivity index (χ0v) is 15.2. The molecule has 0 bridgehead atoms. The Morgan fingerprint density at radius 2 is 1.92 bits per heavy atom. The lowest BCUT2D eigenvalue weighted by Gasteiger charge is -2.16.